The summed E-state index contributed by atoms with van der Waals surface area (Å²) in [6.45, 7) is 2.44. The summed E-state index contributed by atoms with van der Waals surface area (Å²) < 4.78 is 4.34. The second-order valence-corrected chi connectivity index (χ2v) is 2.04. The molecule has 0 aromatic heterocycles. The summed E-state index contributed by atoms with van der Waals surface area (Å²) in [5.41, 5.74) is 5.51. The number of carbonyl (C=O) groups is 1. The second kappa shape index (κ2) is 5.05. The van der Waals surface area contributed by atoms with Crippen LogP contribution in [0.25, 0.3) is 0 Å². The molecule has 0 radical (unpaired) electrons. The van der Waals surface area contributed by atoms with Crippen molar-refractivity contribution in [3.63, 3.8) is 0 Å². The van der Waals surface area contributed by atoms with E-state index in [0.717, 1.165) is 6.42 Å². The third-order valence-corrected chi connectivity index (χ3v) is 1.22. The Morgan fingerprint density at radius 2 is 2.40 bits per heavy atom. The van der Waals surface area contributed by atoms with Gasteiger partial charge >= 0.3 is 6.09 Å². The van der Waals surface area contributed by atoms with Gasteiger partial charge in [0.1, 0.15) is 0 Å². The molecule has 0 aliphatic rings. The molecule has 0 bridgehead atoms. The summed E-state index contributed by atoms with van der Waals surface area (Å²) in [6, 6.07) is 0.0269. The third kappa shape index (κ3) is 4.14. The zero-order valence-electron chi connectivity index (χ0n) is 6.39. The lowest BCUT2D eigenvalue weighted by Crippen LogP contribution is -2.36. The largest absolute Gasteiger partial charge is 0.453 e. The number of rotatable bonds is 3. The molecule has 3 N–H and O–H groups in total. The average molecular weight is 146 g/mol. The van der Waals surface area contributed by atoms with Crippen molar-refractivity contribution in [2.45, 2.75) is 19.4 Å². The maximum absolute atomic E-state index is 10.4. The monoisotopic (exact) mass is 146 g/mol. The maximum atomic E-state index is 10.4. The standard InChI is InChI=1S/C6H14N2O2/c1-3-5(7)4-8-6(9)10-2/h5H,3-4,7H2,1-2H3,(H,8,9). The van der Waals surface area contributed by atoms with Crippen LogP contribution in [0.2, 0.25) is 0 Å². The Morgan fingerprint density at radius 3 is 2.80 bits per heavy atom. The first-order chi connectivity index (χ1) is 4.70. The molecule has 4 heteroatoms. The van der Waals surface area contributed by atoms with Gasteiger partial charge in [-0.2, -0.15) is 0 Å². The average Bonchev–Trinajstić information content (AvgIpc) is 1.99. The Balaban J connectivity index is 3.26. The van der Waals surface area contributed by atoms with Gasteiger partial charge in [0, 0.05) is 12.6 Å². The Hall–Kier alpha value is -0.770. The molecule has 0 aromatic rings. The summed E-state index contributed by atoms with van der Waals surface area (Å²) in [7, 11) is 1.33. The molecule has 0 heterocycles. The van der Waals surface area contributed by atoms with E-state index in [0.29, 0.717) is 6.54 Å². The molecule has 0 saturated carbocycles. The van der Waals surface area contributed by atoms with Gasteiger partial charge in [0.25, 0.3) is 0 Å². The predicted molar refractivity (Wildman–Crippen MR) is 38.7 cm³/mol. The number of nitrogens with two attached hydrogens (primary N) is 1. The van der Waals surface area contributed by atoms with Crippen LogP contribution >= 0.6 is 0 Å². The van der Waals surface area contributed by atoms with Gasteiger partial charge in [0.15, 0.2) is 0 Å². The molecule has 4 nitrogen and oxygen atoms in total. The highest BCUT2D eigenvalue weighted by Crippen LogP contribution is 1.82. The van der Waals surface area contributed by atoms with E-state index in [4.69, 9.17) is 5.73 Å². The van der Waals surface area contributed by atoms with Crippen LogP contribution in [-0.2, 0) is 4.74 Å². The first-order valence-electron chi connectivity index (χ1n) is 3.28. The lowest BCUT2D eigenvalue weighted by molar-refractivity contribution is 0.170. The van der Waals surface area contributed by atoms with Gasteiger partial charge in [-0.25, -0.2) is 4.79 Å². The van der Waals surface area contributed by atoms with Crippen molar-refractivity contribution in [1.29, 1.82) is 0 Å². The zero-order chi connectivity index (χ0) is 7.98. The van der Waals surface area contributed by atoms with Crippen LogP contribution < -0.4 is 11.1 Å². The molecule has 0 saturated heterocycles. The fourth-order valence-corrected chi connectivity index (χ4v) is 0.431. The van der Waals surface area contributed by atoms with E-state index in [1.165, 1.54) is 7.11 Å². The number of amides is 1. The van der Waals surface area contributed by atoms with Crippen LogP contribution in [-0.4, -0.2) is 25.8 Å². The summed E-state index contributed by atoms with van der Waals surface area (Å²) in [5.74, 6) is 0. The molecular weight excluding hydrogens is 132 g/mol. The molecule has 1 atom stereocenters. The van der Waals surface area contributed by atoms with Gasteiger partial charge in [-0.05, 0) is 6.42 Å². The minimum absolute atomic E-state index is 0.0269. The zero-order valence-corrected chi connectivity index (χ0v) is 6.39. The lowest BCUT2D eigenvalue weighted by Gasteiger charge is -2.08. The van der Waals surface area contributed by atoms with Crippen molar-refractivity contribution in [3.8, 4) is 0 Å². The molecule has 0 rings (SSSR count). The van der Waals surface area contributed by atoms with E-state index < -0.39 is 6.09 Å². The summed E-state index contributed by atoms with van der Waals surface area (Å²) in [4.78, 5) is 10.4. The molecule has 0 fully saturated rings. The van der Waals surface area contributed by atoms with Gasteiger partial charge in [-0.3, -0.25) is 0 Å². The highest BCUT2D eigenvalue weighted by Gasteiger charge is 2.01. The van der Waals surface area contributed by atoms with E-state index in [2.05, 4.69) is 10.1 Å². The SMILES string of the molecule is CCC(N)CNC(=O)OC. The minimum atomic E-state index is -0.427. The topological polar surface area (TPSA) is 64.3 Å². The third-order valence-electron chi connectivity index (χ3n) is 1.22. The lowest BCUT2D eigenvalue weighted by atomic mass is 10.2. The first kappa shape index (κ1) is 9.23. The summed E-state index contributed by atoms with van der Waals surface area (Å²) in [5, 5.41) is 2.50. The number of nitrogens with one attached hydrogen (secondary N) is 1. The van der Waals surface area contributed by atoms with Crippen molar-refractivity contribution in [1.82, 2.24) is 5.32 Å². The van der Waals surface area contributed by atoms with E-state index in [1.807, 2.05) is 6.92 Å². The Kier molecular flexibility index (Phi) is 4.66. The Bertz CT molecular complexity index is 106. The molecular formula is C6H14N2O2. The van der Waals surface area contributed by atoms with Gasteiger partial charge in [-0.15, -0.1) is 0 Å². The molecule has 0 aliphatic carbocycles. The van der Waals surface area contributed by atoms with Gasteiger partial charge in [-0.1, -0.05) is 6.92 Å². The van der Waals surface area contributed by atoms with Crippen LogP contribution in [0.3, 0.4) is 0 Å². The maximum Gasteiger partial charge on any atom is 0.406 e. The molecule has 10 heavy (non-hydrogen) atoms. The van der Waals surface area contributed by atoms with E-state index >= 15 is 0 Å². The minimum Gasteiger partial charge on any atom is -0.453 e. The Morgan fingerprint density at radius 1 is 1.80 bits per heavy atom. The van der Waals surface area contributed by atoms with Crippen LogP contribution in [0, 0.1) is 0 Å². The van der Waals surface area contributed by atoms with E-state index in [-0.39, 0.29) is 6.04 Å². The highest BCUT2D eigenvalue weighted by atomic mass is 16.5. The predicted octanol–water partition coefficient (Wildman–Crippen LogP) is 0.0797. The van der Waals surface area contributed by atoms with Crippen molar-refractivity contribution in [2.75, 3.05) is 13.7 Å². The van der Waals surface area contributed by atoms with Gasteiger partial charge in [0.2, 0.25) is 0 Å². The van der Waals surface area contributed by atoms with Gasteiger partial charge in [0.05, 0.1) is 7.11 Å². The van der Waals surface area contributed by atoms with Crippen LogP contribution in [0.4, 0.5) is 4.79 Å². The number of alkyl carbamates (subject to hydrolysis) is 1. The molecule has 0 spiro atoms. The van der Waals surface area contributed by atoms with Crippen molar-refractivity contribution in [3.05, 3.63) is 0 Å². The van der Waals surface area contributed by atoms with Crippen LogP contribution in [0.15, 0.2) is 0 Å². The van der Waals surface area contributed by atoms with Gasteiger partial charge < -0.3 is 15.8 Å². The smallest absolute Gasteiger partial charge is 0.406 e. The molecule has 60 valence electrons. The first-order valence-corrected chi connectivity index (χ1v) is 3.28. The van der Waals surface area contributed by atoms with E-state index in [1.54, 1.807) is 0 Å². The van der Waals surface area contributed by atoms with Crippen LogP contribution in [0.1, 0.15) is 13.3 Å². The van der Waals surface area contributed by atoms with Crippen molar-refractivity contribution in [2.24, 2.45) is 5.73 Å². The van der Waals surface area contributed by atoms with Crippen LogP contribution in [0.5, 0.6) is 0 Å². The molecule has 1 amide bonds. The molecule has 0 aliphatic heterocycles. The molecule has 0 aromatic carbocycles. The summed E-state index contributed by atoms with van der Waals surface area (Å²) in [6.07, 6.45) is 0.424. The van der Waals surface area contributed by atoms with Crippen molar-refractivity contribution >= 4 is 6.09 Å². The number of ether oxygens (including phenoxy) is 1. The number of carbonyl (C=O) groups excluding carboxylic acids is 1. The number of methoxy groups -OCH3 is 1. The Labute approximate surface area is 60.7 Å². The normalized spacial score (nSPS) is 12.3. The van der Waals surface area contributed by atoms with E-state index in [9.17, 15) is 4.79 Å². The molecule has 1 unspecified atom stereocenters. The highest BCUT2D eigenvalue weighted by molar-refractivity contribution is 5.66. The van der Waals surface area contributed by atoms with Crippen molar-refractivity contribution < 1.29 is 9.53 Å². The fraction of sp³-hybridized carbons (Fsp3) is 0.833. The second-order valence-electron chi connectivity index (χ2n) is 2.04. The fourth-order valence-electron chi connectivity index (χ4n) is 0.431. The summed E-state index contributed by atoms with van der Waals surface area (Å²) >= 11 is 0. The quantitative estimate of drug-likeness (QED) is 0.592. The number of hydrogen-bond donors (Lipinski definition) is 2. The number of hydrogen-bond acceptors (Lipinski definition) is 3.